The molecule has 0 aliphatic carbocycles. The Hall–Kier alpha value is -1.43. The van der Waals surface area contributed by atoms with Crippen LogP contribution in [0.4, 0.5) is 4.39 Å². The molecule has 4 nitrogen and oxygen atoms in total. The first-order chi connectivity index (χ1) is 8.93. The smallest absolute Gasteiger partial charge is 0.339 e. The molecule has 1 rings (SSSR count). The lowest BCUT2D eigenvalue weighted by molar-refractivity contribution is -0.124. The van der Waals surface area contributed by atoms with Gasteiger partial charge in [0.05, 0.1) is 5.56 Å². The monoisotopic (exact) mass is 331 g/mol. The first kappa shape index (κ1) is 15.6. The fourth-order valence-corrected chi connectivity index (χ4v) is 1.80. The molecule has 1 aromatic rings. The zero-order valence-electron chi connectivity index (χ0n) is 10.7. The fraction of sp³-hybridized carbons (Fsp3) is 0.385. The van der Waals surface area contributed by atoms with Crippen molar-refractivity contribution in [3.63, 3.8) is 0 Å². The van der Waals surface area contributed by atoms with Gasteiger partial charge in [-0.25, -0.2) is 9.18 Å². The average Bonchev–Trinajstić information content (AvgIpc) is 2.35. The van der Waals surface area contributed by atoms with E-state index in [2.05, 4.69) is 21.2 Å². The second kappa shape index (κ2) is 7.23. The molecule has 0 fully saturated rings. The van der Waals surface area contributed by atoms with Gasteiger partial charge in [0.1, 0.15) is 5.82 Å². The van der Waals surface area contributed by atoms with Crippen molar-refractivity contribution in [2.24, 2.45) is 0 Å². The highest BCUT2D eigenvalue weighted by molar-refractivity contribution is 9.10. The Balaban J connectivity index is 2.54. The lowest BCUT2D eigenvalue weighted by Crippen LogP contribution is -2.35. The number of carbonyl (C=O) groups excluding carboxylic acids is 2. The van der Waals surface area contributed by atoms with Crippen molar-refractivity contribution in [2.45, 2.75) is 26.3 Å². The number of carbonyl (C=O) groups is 2. The summed E-state index contributed by atoms with van der Waals surface area (Å²) < 4.78 is 18.0. The molecule has 1 aromatic carbocycles. The second-order valence-electron chi connectivity index (χ2n) is 4.08. The van der Waals surface area contributed by atoms with Crippen LogP contribution in [0, 0.1) is 5.82 Å². The molecule has 6 heteroatoms. The number of benzene rings is 1. The highest BCUT2D eigenvalue weighted by Gasteiger charge is 2.14. The van der Waals surface area contributed by atoms with Crippen molar-refractivity contribution in [3.05, 3.63) is 34.1 Å². The van der Waals surface area contributed by atoms with Crippen molar-refractivity contribution < 1.29 is 18.7 Å². The van der Waals surface area contributed by atoms with Gasteiger partial charge in [-0.05, 0) is 47.5 Å². The van der Waals surface area contributed by atoms with E-state index in [0.29, 0.717) is 4.47 Å². The summed E-state index contributed by atoms with van der Waals surface area (Å²) in [4.78, 5) is 23.1. The number of hydrogen-bond acceptors (Lipinski definition) is 3. The summed E-state index contributed by atoms with van der Waals surface area (Å²) in [6.07, 6.45) is 0.795. The lowest BCUT2D eigenvalue weighted by atomic mass is 10.2. The zero-order valence-corrected chi connectivity index (χ0v) is 12.3. The van der Waals surface area contributed by atoms with Crippen molar-refractivity contribution in [1.82, 2.24) is 5.32 Å². The van der Waals surface area contributed by atoms with Gasteiger partial charge in [-0.2, -0.15) is 0 Å². The topological polar surface area (TPSA) is 55.4 Å². The van der Waals surface area contributed by atoms with Gasteiger partial charge in [0.25, 0.3) is 5.91 Å². The van der Waals surface area contributed by atoms with Crippen LogP contribution in [-0.2, 0) is 9.53 Å². The summed E-state index contributed by atoms with van der Waals surface area (Å²) in [7, 11) is 0. The van der Waals surface area contributed by atoms with Crippen LogP contribution in [0.15, 0.2) is 22.7 Å². The SMILES string of the molecule is CC[C@@H](C)NC(=O)COC(=O)c1ccc(F)cc1Br. The highest BCUT2D eigenvalue weighted by Crippen LogP contribution is 2.18. The third kappa shape index (κ3) is 4.98. The Labute approximate surface area is 119 Å². The number of rotatable bonds is 5. The van der Waals surface area contributed by atoms with Crippen molar-refractivity contribution in [1.29, 1.82) is 0 Å². The van der Waals surface area contributed by atoms with Crippen molar-refractivity contribution in [2.75, 3.05) is 6.61 Å². The Kier molecular flexibility index (Phi) is 5.95. The number of esters is 1. The third-order valence-electron chi connectivity index (χ3n) is 2.51. The van der Waals surface area contributed by atoms with Gasteiger partial charge in [0.2, 0.25) is 0 Å². The Morgan fingerprint density at radius 1 is 1.47 bits per heavy atom. The number of halogens is 2. The maximum Gasteiger partial charge on any atom is 0.339 e. The van der Waals surface area contributed by atoms with Gasteiger partial charge in [-0.3, -0.25) is 4.79 Å². The summed E-state index contributed by atoms with van der Waals surface area (Å²) in [5.41, 5.74) is 0.178. The van der Waals surface area contributed by atoms with Crippen LogP contribution >= 0.6 is 15.9 Å². The van der Waals surface area contributed by atoms with E-state index < -0.39 is 11.8 Å². The average molecular weight is 332 g/mol. The largest absolute Gasteiger partial charge is 0.452 e. The first-order valence-corrected chi connectivity index (χ1v) is 6.64. The molecule has 0 aliphatic rings. The zero-order chi connectivity index (χ0) is 14.4. The van der Waals surface area contributed by atoms with E-state index in [1.54, 1.807) is 0 Å². The summed E-state index contributed by atoms with van der Waals surface area (Å²) in [5.74, 6) is -1.50. The molecule has 1 atom stereocenters. The molecular formula is C13H15BrFNO3. The van der Waals surface area contributed by atoms with Gasteiger partial charge in [0.15, 0.2) is 6.61 Å². The molecule has 104 valence electrons. The molecule has 0 aliphatic heterocycles. The van der Waals surface area contributed by atoms with Gasteiger partial charge in [-0.1, -0.05) is 6.92 Å². The van der Waals surface area contributed by atoms with Gasteiger partial charge in [0, 0.05) is 10.5 Å². The van der Waals surface area contributed by atoms with Crippen LogP contribution < -0.4 is 5.32 Å². The van der Waals surface area contributed by atoms with Crippen LogP contribution in [0.3, 0.4) is 0 Å². The van der Waals surface area contributed by atoms with Crippen LogP contribution in [0.1, 0.15) is 30.6 Å². The molecule has 0 saturated heterocycles. The molecule has 1 amide bonds. The molecule has 0 heterocycles. The molecule has 19 heavy (non-hydrogen) atoms. The molecule has 0 aromatic heterocycles. The minimum Gasteiger partial charge on any atom is -0.452 e. The summed E-state index contributed by atoms with van der Waals surface area (Å²) in [6, 6.07) is 3.65. The molecule has 0 saturated carbocycles. The number of nitrogens with one attached hydrogen (secondary N) is 1. The normalized spacial score (nSPS) is 11.8. The molecule has 0 spiro atoms. The molecule has 0 unspecified atom stereocenters. The molecule has 0 radical (unpaired) electrons. The van der Waals surface area contributed by atoms with Gasteiger partial charge < -0.3 is 10.1 Å². The maximum atomic E-state index is 12.9. The van der Waals surface area contributed by atoms with Gasteiger partial charge >= 0.3 is 5.97 Å². The first-order valence-electron chi connectivity index (χ1n) is 5.85. The summed E-state index contributed by atoms with van der Waals surface area (Å²) in [5, 5.41) is 2.67. The van der Waals surface area contributed by atoms with E-state index in [1.165, 1.54) is 6.07 Å². The van der Waals surface area contributed by atoms with Crippen LogP contribution in [-0.4, -0.2) is 24.5 Å². The Bertz CT molecular complexity index is 479. The standard InChI is InChI=1S/C13H15BrFNO3/c1-3-8(2)16-12(17)7-19-13(18)10-5-4-9(15)6-11(10)14/h4-6,8H,3,7H2,1-2H3,(H,16,17)/t8-/m1/s1. The van der Waals surface area contributed by atoms with E-state index in [-0.39, 0.29) is 24.1 Å². The molecule has 0 bridgehead atoms. The predicted molar refractivity (Wildman–Crippen MR) is 72.3 cm³/mol. The van der Waals surface area contributed by atoms with Gasteiger partial charge in [-0.15, -0.1) is 0 Å². The van der Waals surface area contributed by atoms with E-state index in [1.807, 2.05) is 13.8 Å². The number of hydrogen-bond donors (Lipinski definition) is 1. The van der Waals surface area contributed by atoms with E-state index in [4.69, 9.17) is 4.74 Å². The molecule has 1 N–H and O–H groups in total. The minimum absolute atomic E-state index is 0.0313. The van der Waals surface area contributed by atoms with E-state index in [9.17, 15) is 14.0 Å². The Morgan fingerprint density at radius 3 is 2.74 bits per heavy atom. The Morgan fingerprint density at radius 2 is 2.16 bits per heavy atom. The van der Waals surface area contributed by atoms with Crippen molar-refractivity contribution >= 4 is 27.8 Å². The molecular weight excluding hydrogens is 317 g/mol. The predicted octanol–water partition coefficient (Wildman–Crippen LogP) is 2.66. The number of ether oxygens (including phenoxy) is 1. The van der Waals surface area contributed by atoms with E-state index in [0.717, 1.165) is 18.6 Å². The summed E-state index contributed by atoms with van der Waals surface area (Å²) >= 11 is 3.06. The highest BCUT2D eigenvalue weighted by atomic mass is 79.9. The van der Waals surface area contributed by atoms with Crippen molar-refractivity contribution in [3.8, 4) is 0 Å². The number of amides is 1. The summed E-state index contributed by atoms with van der Waals surface area (Å²) in [6.45, 7) is 3.44. The van der Waals surface area contributed by atoms with Crippen LogP contribution in [0.25, 0.3) is 0 Å². The lowest BCUT2D eigenvalue weighted by Gasteiger charge is -2.11. The quantitative estimate of drug-likeness (QED) is 0.844. The third-order valence-corrected chi connectivity index (χ3v) is 3.16. The van der Waals surface area contributed by atoms with Crippen LogP contribution in [0.5, 0.6) is 0 Å². The minimum atomic E-state index is -0.675. The second-order valence-corrected chi connectivity index (χ2v) is 4.93. The van der Waals surface area contributed by atoms with E-state index >= 15 is 0 Å². The maximum absolute atomic E-state index is 12.9. The van der Waals surface area contributed by atoms with Crippen LogP contribution in [0.2, 0.25) is 0 Å². The fourth-order valence-electron chi connectivity index (χ4n) is 1.28.